The molecule has 0 amide bonds. The Morgan fingerprint density at radius 3 is 2.78 bits per heavy atom. The molecule has 0 bridgehead atoms. The zero-order valence-corrected chi connectivity index (χ0v) is 11.8. The fourth-order valence-corrected chi connectivity index (χ4v) is 3.08. The highest BCUT2D eigenvalue weighted by Gasteiger charge is 2.27. The maximum atomic E-state index is 5.61. The third-order valence-electron chi connectivity index (χ3n) is 4.30. The lowest BCUT2D eigenvalue weighted by atomic mass is 9.91. The minimum Gasteiger partial charge on any atom is -0.376 e. The topological polar surface area (TPSA) is 27.1 Å². The average molecular weight is 248 g/mol. The van der Waals surface area contributed by atoms with Gasteiger partial charge >= 0.3 is 0 Å². The largest absolute Gasteiger partial charge is 0.376 e. The van der Waals surface area contributed by atoms with Crippen molar-refractivity contribution in [1.29, 1.82) is 0 Å². The van der Waals surface area contributed by atoms with Crippen molar-refractivity contribution in [2.45, 2.75) is 65.0 Å². The molecule has 2 heterocycles. The standard InChI is InChI=1S/C15H24N2O/c1-10(2)15-16-13-5-4-11(3)8-14(13)17(15)9-12-6-7-18-12/h10-12H,4-9H2,1-3H3/t11?,12-/m0/s1. The smallest absolute Gasteiger partial charge is 0.111 e. The van der Waals surface area contributed by atoms with E-state index in [1.807, 2.05) is 0 Å². The molecular weight excluding hydrogens is 224 g/mol. The van der Waals surface area contributed by atoms with Crippen molar-refractivity contribution < 1.29 is 4.74 Å². The predicted molar refractivity (Wildman–Crippen MR) is 71.9 cm³/mol. The van der Waals surface area contributed by atoms with Crippen molar-refractivity contribution in [3.05, 3.63) is 17.2 Å². The average Bonchev–Trinajstić information content (AvgIpc) is 2.61. The molecule has 0 radical (unpaired) electrons. The molecule has 100 valence electrons. The van der Waals surface area contributed by atoms with E-state index >= 15 is 0 Å². The molecule has 0 aromatic carbocycles. The van der Waals surface area contributed by atoms with Crippen LogP contribution in [0.15, 0.2) is 0 Å². The molecule has 0 spiro atoms. The van der Waals surface area contributed by atoms with Crippen LogP contribution in [0.2, 0.25) is 0 Å². The Morgan fingerprint density at radius 2 is 2.17 bits per heavy atom. The number of hydrogen-bond donors (Lipinski definition) is 0. The van der Waals surface area contributed by atoms with Gasteiger partial charge in [-0.2, -0.15) is 0 Å². The van der Waals surface area contributed by atoms with Crippen molar-refractivity contribution in [3.63, 3.8) is 0 Å². The summed E-state index contributed by atoms with van der Waals surface area (Å²) in [6.07, 6.45) is 5.29. The predicted octanol–water partition coefficient (Wildman–Crippen LogP) is 2.92. The Hall–Kier alpha value is -0.830. The van der Waals surface area contributed by atoms with Crippen LogP contribution in [-0.2, 0) is 24.1 Å². The maximum absolute atomic E-state index is 5.61. The molecule has 3 nitrogen and oxygen atoms in total. The Bertz CT molecular complexity index is 432. The van der Waals surface area contributed by atoms with Crippen LogP contribution in [0.4, 0.5) is 0 Å². The molecule has 2 aliphatic rings. The first-order valence-corrected chi connectivity index (χ1v) is 7.35. The van der Waals surface area contributed by atoms with Crippen molar-refractivity contribution in [1.82, 2.24) is 9.55 Å². The summed E-state index contributed by atoms with van der Waals surface area (Å²) in [5.74, 6) is 2.57. The van der Waals surface area contributed by atoms with Crippen LogP contribution < -0.4 is 0 Å². The molecule has 1 fully saturated rings. The fourth-order valence-electron chi connectivity index (χ4n) is 3.08. The lowest BCUT2D eigenvalue weighted by Crippen LogP contribution is -2.33. The summed E-state index contributed by atoms with van der Waals surface area (Å²) < 4.78 is 8.08. The van der Waals surface area contributed by atoms with Gasteiger partial charge in [-0.1, -0.05) is 20.8 Å². The highest BCUT2D eigenvalue weighted by atomic mass is 16.5. The van der Waals surface area contributed by atoms with Gasteiger partial charge in [0, 0.05) is 18.2 Å². The van der Waals surface area contributed by atoms with Crippen molar-refractivity contribution in [2.75, 3.05) is 6.61 Å². The van der Waals surface area contributed by atoms with E-state index in [4.69, 9.17) is 9.72 Å². The van der Waals surface area contributed by atoms with Crippen LogP contribution in [0, 0.1) is 5.92 Å². The Labute approximate surface area is 110 Å². The summed E-state index contributed by atoms with van der Waals surface area (Å²) in [5.41, 5.74) is 2.85. The molecule has 1 aromatic heterocycles. The van der Waals surface area contributed by atoms with E-state index < -0.39 is 0 Å². The highest BCUT2D eigenvalue weighted by Crippen LogP contribution is 2.30. The molecule has 1 saturated heterocycles. The van der Waals surface area contributed by atoms with Gasteiger partial charge in [0.2, 0.25) is 0 Å². The first kappa shape index (κ1) is 12.2. The van der Waals surface area contributed by atoms with E-state index in [2.05, 4.69) is 25.3 Å². The molecule has 0 N–H and O–H groups in total. The van der Waals surface area contributed by atoms with Gasteiger partial charge in [0.25, 0.3) is 0 Å². The number of aryl methyl sites for hydroxylation is 1. The van der Waals surface area contributed by atoms with E-state index in [-0.39, 0.29) is 0 Å². The number of rotatable bonds is 3. The summed E-state index contributed by atoms with van der Waals surface area (Å²) in [6, 6.07) is 0. The number of hydrogen-bond acceptors (Lipinski definition) is 2. The van der Waals surface area contributed by atoms with Crippen molar-refractivity contribution in [3.8, 4) is 0 Å². The number of aromatic nitrogens is 2. The second-order valence-corrected chi connectivity index (χ2v) is 6.26. The number of fused-ring (bicyclic) bond motifs is 1. The molecular formula is C15H24N2O. The van der Waals surface area contributed by atoms with Crippen LogP contribution in [0.3, 0.4) is 0 Å². The molecule has 1 aliphatic heterocycles. The van der Waals surface area contributed by atoms with Crippen LogP contribution in [0.1, 0.15) is 56.7 Å². The Balaban J connectivity index is 1.93. The first-order chi connectivity index (χ1) is 8.65. The number of imidazole rings is 1. The lowest BCUT2D eigenvalue weighted by molar-refractivity contribution is -0.0600. The van der Waals surface area contributed by atoms with E-state index in [1.54, 1.807) is 0 Å². The SMILES string of the molecule is CC1CCc2nc(C(C)C)n(C[C@@H]3CCO3)c2C1. The lowest BCUT2D eigenvalue weighted by Gasteiger charge is -2.29. The zero-order chi connectivity index (χ0) is 12.7. The second kappa shape index (κ2) is 4.69. The van der Waals surface area contributed by atoms with Gasteiger partial charge in [-0.25, -0.2) is 4.98 Å². The van der Waals surface area contributed by atoms with E-state index in [0.29, 0.717) is 12.0 Å². The van der Waals surface area contributed by atoms with Gasteiger partial charge in [-0.15, -0.1) is 0 Å². The van der Waals surface area contributed by atoms with E-state index in [9.17, 15) is 0 Å². The fraction of sp³-hybridized carbons (Fsp3) is 0.800. The molecule has 1 aromatic rings. The van der Waals surface area contributed by atoms with Gasteiger partial charge < -0.3 is 9.30 Å². The molecule has 18 heavy (non-hydrogen) atoms. The summed E-state index contributed by atoms with van der Waals surface area (Å²) in [5, 5.41) is 0. The van der Waals surface area contributed by atoms with E-state index in [0.717, 1.165) is 25.5 Å². The van der Waals surface area contributed by atoms with Gasteiger partial charge in [-0.3, -0.25) is 0 Å². The van der Waals surface area contributed by atoms with Crippen molar-refractivity contribution >= 4 is 0 Å². The minimum absolute atomic E-state index is 0.429. The third kappa shape index (κ3) is 2.09. The maximum Gasteiger partial charge on any atom is 0.111 e. The number of ether oxygens (including phenoxy) is 1. The molecule has 1 aliphatic carbocycles. The molecule has 2 atom stereocenters. The zero-order valence-electron chi connectivity index (χ0n) is 11.8. The van der Waals surface area contributed by atoms with Crippen LogP contribution >= 0.6 is 0 Å². The normalized spacial score (nSPS) is 27.1. The van der Waals surface area contributed by atoms with Crippen LogP contribution in [0.5, 0.6) is 0 Å². The van der Waals surface area contributed by atoms with Crippen molar-refractivity contribution in [2.24, 2.45) is 5.92 Å². The second-order valence-electron chi connectivity index (χ2n) is 6.26. The Morgan fingerprint density at radius 1 is 1.39 bits per heavy atom. The summed E-state index contributed by atoms with van der Waals surface area (Å²) in [4.78, 5) is 4.90. The first-order valence-electron chi connectivity index (χ1n) is 7.35. The quantitative estimate of drug-likeness (QED) is 0.822. The summed E-state index contributed by atoms with van der Waals surface area (Å²) in [6.45, 7) is 8.80. The number of nitrogens with zero attached hydrogens (tertiary/aromatic N) is 2. The minimum atomic E-state index is 0.429. The molecule has 0 saturated carbocycles. The molecule has 3 heteroatoms. The van der Waals surface area contributed by atoms with Gasteiger partial charge in [0.05, 0.1) is 18.3 Å². The summed E-state index contributed by atoms with van der Waals surface area (Å²) in [7, 11) is 0. The molecule has 3 rings (SSSR count). The Kier molecular flexibility index (Phi) is 3.18. The van der Waals surface area contributed by atoms with Crippen LogP contribution in [-0.4, -0.2) is 22.3 Å². The van der Waals surface area contributed by atoms with Crippen LogP contribution in [0.25, 0.3) is 0 Å². The van der Waals surface area contributed by atoms with Gasteiger partial charge in [0.15, 0.2) is 0 Å². The molecule has 1 unspecified atom stereocenters. The third-order valence-corrected chi connectivity index (χ3v) is 4.30. The summed E-state index contributed by atoms with van der Waals surface area (Å²) >= 11 is 0. The van der Waals surface area contributed by atoms with Gasteiger partial charge in [-0.05, 0) is 31.6 Å². The van der Waals surface area contributed by atoms with Gasteiger partial charge in [0.1, 0.15) is 5.82 Å². The highest BCUT2D eigenvalue weighted by molar-refractivity contribution is 5.22. The monoisotopic (exact) mass is 248 g/mol. The van der Waals surface area contributed by atoms with E-state index in [1.165, 1.54) is 36.5 Å².